The summed E-state index contributed by atoms with van der Waals surface area (Å²) in [6.45, 7) is 6.60. The topological polar surface area (TPSA) is 55.1 Å². The van der Waals surface area contributed by atoms with Crippen molar-refractivity contribution in [1.82, 2.24) is 19.6 Å². The molecule has 0 spiro atoms. The van der Waals surface area contributed by atoms with Gasteiger partial charge in [0.15, 0.2) is 5.82 Å². The van der Waals surface area contributed by atoms with Crippen LogP contribution < -0.4 is 5.32 Å². The molecular weight excluding hydrogens is 250 g/mol. The maximum Gasteiger partial charge on any atom is 0.203 e. The molecule has 0 bridgehead atoms. The van der Waals surface area contributed by atoms with Crippen molar-refractivity contribution in [3.63, 3.8) is 0 Å². The van der Waals surface area contributed by atoms with Crippen LogP contribution in [0.15, 0.2) is 12.4 Å². The standard InChI is InChI=1S/C15H23N5/c1-10(2)12-6-4-5-7-13(12)17-14-15-19-18-11(3)20(15)9-8-16-14/h8-10,12-13H,4-7H2,1-3H3,(H,16,17). The maximum absolute atomic E-state index is 4.47. The molecule has 0 aliphatic heterocycles. The first-order valence-electron chi connectivity index (χ1n) is 7.59. The summed E-state index contributed by atoms with van der Waals surface area (Å²) in [5.74, 6) is 3.18. The molecule has 3 rings (SSSR count). The lowest BCUT2D eigenvalue weighted by molar-refractivity contribution is 0.253. The molecule has 0 radical (unpaired) electrons. The molecule has 5 heteroatoms. The third-order valence-corrected chi connectivity index (χ3v) is 4.50. The lowest BCUT2D eigenvalue weighted by Gasteiger charge is -2.35. The average Bonchev–Trinajstić information content (AvgIpc) is 2.82. The normalized spacial score (nSPS) is 23.4. The number of nitrogens with one attached hydrogen (secondary N) is 1. The van der Waals surface area contributed by atoms with Crippen molar-refractivity contribution in [2.24, 2.45) is 11.8 Å². The molecule has 0 saturated heterocycles. The molecule has 2 aromatic rings. The van der Waals surface area contributed by atoms with Crippen molar-refractivity contribution < 1.29 is 0 Å². The highest BCUT2D eigenvalue weighted by Gasteiger charge is 2.28. The summed E-state index contributed by atoms with van der Waals surface area (Å²) in [7, 11) is 0. The van der Waals surface area contributed by atoms with Crippen molar-refractivity contribution in [1.29, 1.82) is 0 Å². The van der Waals surface area contributed by atoms with E-state index in [1.807, 2.05) is 23.7 Å². The Bertz CT molecular complexity index is 589. The highest BCUT2D eigenvalue weighted by molar-refractivity contribution is 5.62. The van der Waals surface area contributed by atoms with Gasteiger partial charge in [0.2, 0.25) is 5.65 Å². The molecule has 0 aromatic carbocycles. The molecule has 2 heterocycles. The van der Waals surface area contributed by atoms with Gasteiger partial charge in [-0.25, -0.2) is 4.98 Å². The van der Waals surface area contributed by atoms with Gasteiger partial charge in [-0.05, 0) is 31.6 Å². The predicted molar refractivity (Wildman–Crippen MR) is 79.7 cm³/mol. The van der Waals surface area contributed by atoms with Crippen LogP contribution >= 0.6 is 0 Å². The van der Waals surface area contributed by atoms with Crippen LogP contribution in [0.3, 0.4) is 0 Å². The van der Waals surface area contributed by atoms with Crippen LogP contribution in [-0.2, 0) is 0 Å². The SMILES string of the molecule is Cc1nnc2c(NC3CCCCC3C(C)C)nccn12. The van der Waals surface area contributed by atoms with Gasteiger partial charge in [0.1, 0.15) is 5.82 Å². The number of anilines is 1. The fourth-order valence-electron chi connectivity index (χ4n) is 3.36. The number of hydrogen-bond donors (Lipinski definition) is 1. The Morgan fingerprint density at radius 3 is 2.85 bits per heavy atom. The monoisotopic (exact) mass is 273 g/mol. The first kappa shape index (κ1) is 13.3. The van der Waals surface area contributed by atoms with Crippen LogP contribution in [-0.4, -0.2) is 25.6 Å². The number of fused-ring (bicyclic) bond motifs is 1. The van der Waals surface area contributed by atoms with E-state index >= 15 is 0 Å². The minimum absolute atomic E-state index is 0.499. The summed E-state index contributed by atoms with van der Waals surface area (Å²) in [5.41, 5.74) is 0.832. The van der Waals surface area contributed by atoms with E-state index in [2.05, 4.69) is 34.3 Å². The van der Waals surface area contributed by atoms with Gasteiger partial charge in [-0.15, -0.1) is 10.2 Å². The van der Waals surface area contributed by atoms with Crippen molar-refractivity contribution >= 4 is 11.5 Å². The van der Waals surface area contributed by atoms with E-state index in [4.69, 9.17) is 0 Å². The quantitative estimate of drug-likeness (QED) is 0.933. The molecule has 1 fully saturated rings. The summed E-state index contributed by atoms with van der Waals surface area (Å²) in [4.78, 5) is 4.47. The second-order valence-electron chi connectivity index (χ2n) is 6.16. The molecule has 20 heavy (non-hydrogen) atoms. The van der Waals surface area contributed by atoms with Crippen molar-refractivity contribution in [3.8, 4) is 0 Å². The van der Waals surface area contributed by atoms with E-state index < -0.39 is 0 Å². The Morgan fingerprint density at radius 1 is 1.25 bits per heavy atom. The van der Waals surface area contributed by atoms with Crippen LogP contribution in [0.25, 0.3) is 5.65 Å². The van der Waals surface area contributed by atoms with Crippen LogP contribution in [0.5, 0.6) is 0 Å². The van der Waals surface area contributed by atoms with E-state index in [-0.39, 0.29) is 0 Å². The van der Waals surface area contributed by atoms with Crippen LogP contribution in [0.4, 0.5) is 5.82 Å². The van der Waals surface area contributed by atoms with Gasteiger partial charge in [-0.3, -0.25) is 4.40 Å². The molecule has 5 nitrogen and oxygen atoms in total. The first-order chi connectivity index (χ1) is 9.66. The second-order valence-corrected chi connectivity index (χ2v) is 6.16. The highest BCUT2D eigenvalue weighted by Crippen LogP contribution is 2.32. The van der Waals surface area contributed by atoms with E-state index in [0.29, 0.717) is 12.0 Å². The molecular formula is C15H23N5. The Hall–Kier alpha value is -1.65. The minimum Gasteiger partial charge on any atom is -0.364 e. The van der Waals surface area contributed by atoms with Gasteiger partial charge in [0.25, 0.3) is 0 Å². The first-order valence-corrected chi connectivity index (χ1v) is 7.59. The number of aromatic nitrogens is 4. The van der Waals surface area contributed by atoms with Crippen LogP contribution in [0.1, 0.15) is 45.4 Å². The Balaban J connectivity index is 1.88. The summed E-state index contributed by atoms with van der Waals surface area (Å²) >= 11 is 0. The minimum atomic E-state index is 0.499. The number of hydrogen-bond acceptors (Lipinski definition) is 4. The zero-order valence-corrected chi connectivity index (χ0v) is 12.5. The van der Waals surface area contributed by atoms with Gasteiger partial charge in [0, 0.05) is 18.4 Å². The molecule has 2 unspecified atom stereocenters. The highest BCUT2D eigenvalue weighted by atomic mass is 15.3. The van der Waals surface area contributed by atoms with Crippen molar-refractivity contribution in [3.05, 3.63) is 18.2 Å². The zero-order chi connectivity index (χ0) is 14.1. The van der Waals surface area contributed by atoms with E-state index in [9.17, 15) is 0 Å². The van der Waals surface area contributed by atoms with Gasteiger partial charge in [-0.1, -0.05) is 26.7 Å². The summed E-state index contributed by atoms with van der Waals surface area (Å²) in [5, 5.41) is 12.0. The van der Waals surface area contributed by atoms with Crippen molar-refractivity contribution in [2.75, 3.05) is 5.32 Å². The van der Waals surface area contributed by atoms with Gasteiger partial charge in [0.05, 0.1) is 0 Å². The summed E-state index contributed by atoms with van der Waals surface area (Å²) in [6, 6.07) is 0.499. The van der Waals surface area contributed by atoms with Gasteiger partial charge in [-0.2, -0.15) is 0 Å². The molecule has 1 aliphatic carbocycles. The molecule has 2 atom stereocenters. The number of aryl methyl sites for hydroxylation is 1. The van der Waals surface area contributed by atoms with E-state index in [1.165, 1.54) is 25.7 Å². The smallest absolute Gasteiger partial charge is 0.203 e. The summed E-state index contributed by atoms with van der Waals surface area (Å²) < 4.78 is 1.99. The Kier molecular flexibility index (Phi) is 3.59. The Morgan fingerprint density at radius 2 is 2.05 bits per heavy atom. The van der Waals surface area contributed by atoms with E-state index in [0.717, 1.165) is 23.2 Å². The summed E-state index contributed by atoms with van der Waals surface area (Å²) in [6.07, 6.45) is 8.91. The second kappa shape index (κ2) is 5.38. The molecule has 1 aliphatic rings. The predicted octanol–water partition coefficient (Wildman–Crippen LogP) is 3.06. The lowest BCUT2D eigenvalue weighted by atomic mass is 9.78. The van der Waals surface area contributed by atoms with Gasteiger partial charge < -0.3 is 5.32 Å². The fraction of sp³-hybridized carbons (Fsp3) is 0.667. The molecule has 1 N–H and O–H groups in total. The third kappa shape index (κ3) is 2.37. The number of nitrogens with zero attached hydrogens (tertiary/aromatic N) is 4. The van der Waals surface area contributed by atoms with Crippen LogP contribution in [0.2, 0.25) is 0 Å². The average molecular weight is 273 g/mol. The largest absolute Gasteiger partial charge is 0.364 e. The van der Waals surface area contributed by atoms with E-state index in [1.54, 1.807) is 0 Å². The Labute approximate surface area is 119 Å². The fourth-order valence-corrected chi connectivity index (χ4v) is 3.36. The zero-order valence-electron chi connectivity index (χ0n) is 12.5. The maximum atomic E-state index is 4.47. The molecule has 1 saturated carbocycles. The lowest BCUT2D eigenvalue weighted by Crippen LogP contribution is -2.35. The van der Waals surface area contributed by atoms with Gasteiger partial charge >= 0.3 is 0 Å². The molecule has 108 valence electrons. The third-order valence-electron chi connectivity index (χ3n) is 4.50. The van der Waals surface area contributed by atoms with Crippen LogP contribution in [0, 0.1) is 18.8 Å². The molecule has 2 aromatic heterocycles. The van der Waals surface area contributed by atoms with Crippen molar-refractivity contribution in [2.45, 2.75) is 52.5 Å². The molecule has 0 amide bonds. The number of rotatable bonds is 3.